The molecule has 2 aliphatic rings. The average Bonchev–Trinajstić information content (AvgIpc) is 3.01. The molecule has 0 spiro atoms. The van der Waals surface area contributed by atoms with Crippen LogP contribution in [0.25, 0.3) is 0 Å². The Balaban J connectivity index is 1.83. The monoisotopic (exact) mass is 633 g/mol. The molecule has 0 saturated heterocycles. The molecule has 0 fully saturated rings. The predicted octanol–water partition coefficient (Wildman–Crippen LogP) is 4.52. The van der Waals surface area contributed by atoms with Gasteiger partial charge in [0.2, 0.25) is 11.8 Å². The summed E-state index contributed by atoms with van der Waals surface area (Å²) in [5, 5.41) is 8.14. The summed E-state index contributed by atoms with van der Waals surface area (Å²) in [6.45, 7) is 6.84. The summed E-state index contributed by atoms with van der Waals surface area (Å²) in [5.41, 5.74) is 0.636. The third-order valence-corrected chi connectivity index (χ3v) is 6.93. The van der Waals surface area contributed by atoms with Gasteiger partial charge < -0.3 is 39.6 Å². The van der Waals surface area contributed by atoms with Gasteiger partial charge in [0.1, 0.15) is 29.2 Å². The third kappa shape index (κ3) is 8.68. The van der Waals surface area contributed by atoms with E-state index in [0.717, 1.165) is 0 Å². The van der Waals surface area contributed by atoms with Gasteiger partial charge in [0.05, 0.1) is 20.8 Å². The summed E-state index contributed by atoms with van der Waals surface area (Å²) in [6, 6.07) is 14.6. The minimum absolute atomic E-state index is 0.0621. The van der Waals surface area contributed by atoms with Gasteiger partial charge in [0.25, 0.3) is 0 Å². The summed E-state index contributed by atoms with van der Waals surface area (Å²) in [7, 11) is 2.99. The maximum Gasteiger partial charge on any atom is 0.408 e. The van der Waals surface area contributed by atoms with Crippen molar-refractivity contribution in [2.24, 2.45) is 0 Å². The first-order valence-electron chi connectivity index (χ1n) is 14.8. The molecule has 244 valence electrons. The topological polar surface area (TPSA) is 151 Å². The van der Waals surface area contributed by atoms with E-state index in [2.05, 4.69) is 16.0 Å². The van der Waals surface area contributed by atoms with Crippen molar-refractivity contribution in [1.82, 2.24) is 16.0 Å². The van der Waals surface area contributed by atoms with Gasteiger partial charge in [0.15, 0.2) is 17.5 Å². The van der Waals surface area contributed by atoms with E-state index in [9.17, 15) is 19.2 Å². The van der Waals surface area contributed by atoms with Crippen LogP contribution in [0.1, 0.15) is 56.5 Å². The number of hydrogen-bond donors (Lipinski definition) is 3. The summed E-state index contributed by atoms with van der Waals surface area (Å²) in [6.07, 6.45) is -0.743. The Hall–Kier alpha value is -5.26. The van der Waals surface area contributed by atoms with Gasteiger partial charge in [-0.2, -0.15) is 0 Å². The minimum atomic E-state index is -1.29. The highest BCUT2D eigenvalue weighted by Gasteiger charge is 2.33. The number of hydrogen-bond acceptors (Lipinski definition) is 9. The second-order valence-corrected chi connectivity index (χ2v) is 11.5. The van der Waals surface area contributed by atoms with Crippen LogP contribution in [0.5, 0.6) is 23.0 Å². The number of rotatable bonds is 6. The zero-order valence-corrected chi connectivity index (χ0v) is 26.7. The van der Waals surface area contributed by atoms with E-state index in [1.165, 1.54) is 14.2 Å². The van der Waals surface area contributed by atoms with Crippen LogP contribution < -0.4 is 30.2 Å². The Morgan fingerprint density at radius 3 is 2.17 bits per heavy atom. The first-order valence-corrected chi connectivity index (χ1v) is 14.8. The number of methoxy groups -OCH3 is 2. The standard InChI is InChI=1S/C34H39N3O9/c1-7-44-32(40)29-22-12-17-26(43-6)27(19-22)45-24-13-8-20(9-14-24)18-25(35-33(41)46-34(2,3)4)30(38)36-28(31(39)37-29)21-10-15-23(42-5)16-11-21/h8-17,19,25,28-29H,7,18H2,1-6H3,(H,35,41)(H,36,38)(H,37,39)/t25-,28+,29-/m1/s1. The lowest BCUT2D eigenvalue weighted by Gasteiger charge is -2.27. The Bertz CT molecular complexity index is 1550. The number of carbonyl (C=O) groups excluding carboxylic acids is 4. The molecule has 0 unspecified atom stereocenters. The van der Waals surface area contributed by atoms with Crippen LogP contribution in [-0.2, 0) is 30.3 Å². The van der Waals surface area contributed by atoms with Crippen molar-refractivity contribution in [3.8, 4) is 23.0 Å². The van der Waals surface area contributed by atoms with Gasteiger partial charge in [-0.1, -0.05) is 30.3 Å². The Kier molecular flexibility index (Phi) is 10.7. The number of esters is 1. The first kappa shape index (κ1) is 33.6. The Labute approximate surface area is 267 Å². The molecule has 0 radical (unpaired) electrons. The van der Waals surface area contributed by atoms with Gasteiger partial charge in [-0.15, -0.1) is 0 Å². The van der Waals surface area contributed by atoms with Crippen molar-refractivity contribution in [1.29, 1.82) is 0 Å². The SMILES string of the molecule is CCOC(=O)[C@@H]1NC(=O)[C@H](c2ccc(OC)cc2)NC(=O)[C@H](NC(=O)OC(C)(C)C)Cc2ccc(cc2)Oc2cc1ccc2OC. The molecule has 3 atom stereocenters. The molecule has 0 saturated carbocycles. The van der Waals surface area contributed by atoms with E-state index in [0.29, 0.717) is 39.7 Å². The predicted molar refractivity (Wildman–Crippen MR) is 168 cm³/mol. The van der Waals surface area contributed by atoms with E-state index in [1.54, 1.807) is 94.4 Å². The van der Waals surface area contributed by atoms with E-state index in [-0.39, 0.29) is 13.0 Å². The van der Waals surface area contributed by atoms with Gasteiger partial charge >= 0.3 is 12.1 Å². The molecule has 2 aliphatic heterocycles. The quantitative estimate of drug-likeness (QED) is 0.333. The smallest absolute Gasteiger partial charge is 0.408 e. The summed E-state index contributed by atoms with van der Waals surface area (Å²) >= 11 is 0. The van der Waals surface area contributed by atoms with Crippen LogP contribution >= 0.6 is 0 Å². The largest absolute Gasteiger partial charge is 0.497 e. The molecule has 12 nitrogen and oxygen atoms in total. The molecule has 5 rings (SSSR count). The Morgan fingerprint density at radius 1 is 0.891 bits per heavy atom. The van der Waals surface area contributed by atoms with Crippen LogP contribution in [0.3, 0.4) is 0 Å². The van der Waals surface area contributed by atoms with E-state index in [1.807, 2.05) is 0 Å². The Morgan fingerprint density at radius 2 is 1.57 bits per heavy atom. The zero-order chi connectivity index (χ0) is 33.4. The molecular formula is C34H39N3O9. The van der Waals surface area contributed by atoms with E-state index < -0.39 is 47.6 Å². The molecule has 4 bridgehead atoms. The molecule has 46 heavy (non-hydrogen) atoms. The van der Waals surface area contributed by atoms with Crippen molar-refractivity contribution < 1.29 is 42.9 Å². The maximum atomic E-state index is 14.0. The normalized spacial score (nSPS) is 18.3. The van der Waals surface area contributed by atoms with Crippen molar-refractivity contribution in [2.45, 2.75) is 57.8 Å². The number of nitrogens with one attached hydrogen (secondary N) is 3. The molecule has 2 heterocycles. The van der Waals surface area contributed by atoms with Gasteiger partial charge in [-0.3, -0.25) is 9.59 Å². The molecule has 3 aromatic rings. The summed E-state index contributed by atoms with van der Waals surface area (Å²) < 4.78 is 27.6. The van der Waals surface area contributed by atoms with Crippen LogP contribution in [0, 0.1) is 0 Å². The highest BCUT2D eigenvalue weighted by Crippen LogP contribution is 2.35. The molecule has 0 aromatic heterocycles. The van der Waals surface area contributed by atoms with Crippen molar-refractivity contribution in [3.63, 3.8) is 0 Å². The zero-order valence-electron chi connectivity index (χ0n) is 26.7. The summed E-state index contributed by atoms with van der Waals surface area (Å²) in [4.78, 5) is 54.0. The van der Waals surface area contributed by atoms with Crippen molar-refractivity contribution in [2.75, 3.05) is 20.8 Å². The van der Waals surface area contributed by atoms with Crippen LogP contribution in [-0.4, -0.2) is 56.3 Å². The van der Waals surface area contributed by atoms with Crippen LogP contribution in [0.2, 0.25) is 0 Å². The van der Waals surface area contributed by atoms with Crippen molar-refractivity contribution in [3.05, 3.63) is 83.4 Å². The summed E-state index contributed by atoms with van der Waals surface area (Å²) in [5.74, 6) is -0.409. The second-order valence-electron chi connectivity index (χ2n) is 11.5. The minimum Gasteiger partial charge on any atom is -0.497 e. The van der Waals surface area contributed by atoms with Crippen LogP contribution in [0.15, 0.2) is 66.7 Å². The fraction of sp³-hybridized carbons (Fsp3) is 0.353. The lowest BCUT2D eigenvalue weighted by atomic mass is 10.0. The van der Waals surface area contributed by atoms with E-state index in [4.69, 9.17) is 23.7 Å². The molecule has 3 N–H and O–H groups in total. The van der Waals surface area contributed by atoms with Gasteiger partial charge in [-0.25, -0.2) is 9.59 Å². The highest BCUT2D eigenvalue weighted by molar-refractivity contribution is 5.94. The third-order valence-electron chi connectivity index (χ3n) is 6.93. The maximum absolute atomic E-state index is 14.0. The average molecular weight is 634 g/mol. The first-order chi connectivity index (χ1) is 21.9. The molecule has 12 heteroatoms. The lowest BCUT2D eigenvalue weighted by molar-refractivity contribution is -0.148. The second kappa shape index (κ2) is 14.7. The van der Waals surface area contributed by atoms with E-state index >= 15 is 0 Å². The molecule has 3 aromatic carbocycles. The van der Waals surface area contributed by atoms with Crippen LogP contribution in [0.4, 0.5) is 4.79 Å². The lowest BCUT2D eigenvalue weighted by Crippen LogP contribution is -2.52. The number of fused-ring (bicyclic) bond motifs is 9. The molecular weight excluding hydrogens is 594 g/mol. The number of amides is 3. The number of alkyl carbamates (subject to hydrolysis) is 1. The van der Waals surface area contributed by atoms with Gasteiger partial charge in [0, 0.05) is 6.42 Å². The fourth-order valence-corrected chi connectivity index (χ4v) is 4.74. The molecule has 0 aliphatic carbocycles. The fourth-order valence-electron chi connectivity index (χ4n) is 4.74. The highest BCUT2D eigenvalue weighted by atomic mass is 16.6. The molecule has 3 amide bonds. The number of carbonyl (C=O) groups is 4. The van der Waals surface area contributed by atoms with Crippen molar-refractivity contribution >= 4 is 23.9 Å². The number of ether oxygens (including phenoxy) is 5. The van der Waals surface area contributed by atoms with Gasteiger partial charge in [-0.05, 0) is 80.8 Å². The number of benzene rings is 3.